The van der Waals surface area contributed by atoms with Crippen molar-refractivity contribution in [1.29, 1.82) is 0 Å². The quantitative estimate of drug-likeness (QED) is 0.633. The Hall–Kier alpha value is -1.47. The first-order valence-electron chi connectivity index (χ1n) is 5.47. The smallest absolute Gasteiger partial charge is 0.404 e. The number of alkyl halides is 1. The van der Waals surface area contributed by atoms with Crippen molar-refractivity contribution in [2.24, 2.45) is 0 Å². The Balaban J connectivity index is 2.12. The normalized spacial score (nSPS) is 19.1. The van der Waals surface area contributed by atoms with E-state index in [4.69, 9.17) is 4.42 Å². The molecule has 2 rings (SSSR count). The molecule has 1 N–H and O–H groups in total. The topological polar surface area (TPSA) is 71.6 Å². The Kier molecular flexibility index (Phi) is 3.70. The molecule has 1 aromatic rings. The first kappa shape index (κ1) is 12.0. The number of piperazine rings is 1. The zero-order valence-electron chi connectivity index (χ0n) is 9.26. The predicted molar refractivity (Wildman–Crippen MR) is 58.5 cm³/mol. The van der Waals surface area contributed by atoms with Crippen LogP contribution in [0.3, 0.4) is 0 Å². The number of hydrogen-bond donors (Lipinski definition) is 1. The zero-order valence-corrected chi connectivity index (χ0v) is 9.26. The molecule has 0 saturated carbocycles. The number of nitro groups is 1. The summed E-state index contributed by atoms with van der Waals surface area (Å²) in [4.78, 5) is 11.8. The van der Waals surface area contributed by atoms with Crippen LogP contribution in [0.15, 0.2) is 16.5 Å². The number of hydrogen-bond acceptors (Lipinski definition) is 5. The first-order chi connectivity index (χ1) is 8.22. The Morgan fingerprint density at radius 2 is 2.24 bits per heavy atom. The summed E-state index contributed by atoms with van der Waals surface area (Å²) in [6.07, 6.45) is 0. The van der Waals surface area contributed by atoms with Gasteiger partial charge in [-0.2, -0.15) is 0 Å². The lowest BCUT2D eigenvalue weighted by Gasteiger charge is -2.32. The van der Waals surface area contributed by atoms with Crippen molar-refractivity contribution < 1.29 is 13.7 Å². The summed E-state index contributed by atoms with van der Waals surface area (Å²) < 4.78 is 18.1. The van der Waals surface area contributed by atoms with Crippen LogP contribution >= 0.6 is 0 Å². The van der Waals surface area contributed by atoms with Crippen molar-refractivity contribution in [2.45, 2.75) is 6.04 Å². The molecule has 0 aromatic carbocycles. The van der Waals surface area contributed by atoms with Gasteiger partial charge in [-0.15, -0.1) is 0 Å². The number of rotatable bonds is 4. The van der Waals surface area contributed by atoms with E-state index in [1.54, 1.807) is 0 Å². The van der Waals surface area contributed by atoms with Crippen LogP contribution in [0.4, 0.5) is 10.3 Å². The minimum atomic E-state index is -0.615. The van der Waals surface area contributed by atoms with Crippen molar-refractivity contribution in [3.05, 3.63) is 28.0 Å². The fourth-order valence-corrected chi connectivity index (χ4v) is 1.97. The van der Waals surface area contributed by atoms with Crippen LogP contribution in [0, 0.1) is 10.1 Å². The third-order valence-corrected chi connectivity index (χ3v) is 2.86. The van der Waals surface area contributed by atoms with E-state index >= 15 is 0 Å². The van der Waals surface area contributed by atoms with Gasteiger partial charge in [-0.3, -0.25) is 15.0 Å². The maximum Gasteiger partial charge on any atom is 0.433 e. The second-order valence-electron chi connectivity index (χ2n) is 3.89. The third kappa shape index (κ3) is 2.62. The summed E-state index contributed by atoms with van der Waals surface area (Å²) in [5.41, 5.74) is 0. The van der Waals surface area contributed by atoms with Crippen LogP contribution in [-0.2, 0) is 0 Å². The van der Waals surface area contributed by atoms with Gasteiger partial charge in [-0.05, 0) is 6.07 Å². The highest BCUT2D eigenvalue weighted by Gasteiger charge is 2.26. The van der Waals surface area contributed by atoms with Crippen molar-refractivity contribution in [3.63, 3.8) is 0 Å². The molecule has 17 heavy (non-hydrogen) atoms. The van der Waals surface area contributed by atoms with E-state index in [0.717, 1.165) is 13.1 Å². The van der Waals surface area contributed by atoms with Gasteiger partial charge in [0, 0.05) is 26.2 Å². The summed E-state index contributed by atoms with van der Waals surface area (Å²) in [7, 11) is 0. The lowest BCUT2D eigenvalue weighted by atomic mass is 10.2. The van der Waals surface area contributed by atoms with Gasteiger partial charge in [0.15, 0.2) is 0 Å². The van der Waals surface area contributed by atoms with Crippen LogP contribution in [0.2, 0.25) is 0 Å². The average molecular weight is 243 g/mol. The molecule has 6 nitrogen and oxygen atoms in total. The van der Waals surface area contributed by atoms with Gasteiger partial charge in [0.2, 0.25) is 0 Å². The van der Waals surface area contributed by atoms with Crippen molar-refractivity contribution in [2.75, 3.05) is 32.9 Å². The van der Waals surface area contributed by atoms with Crippen LogP contribution in [0.5, 0.6) is 0 Å². The van der Waals surface area contributed by atoms with Gasteiger partial charge in [-0.1, -0.05) is 0 Å². The van der Waals surface area contributed by atoms with Crippen LogP contribution in [-0.4, -0.2) is 42.7 Å². The Bertz CT molecular complexity index is 390. The van der Waals surface area contributed by atoms with Crippen molar-refractivity contribution >= 4 is 5.88 Å². The number of nitrogens with one attached hydrogen (secondary N) is 1. The van der Waals surface area contributed by atoms with Gasteiger partial charge in [-0.25, -0.2) is 4.39 Å². The lowest BCUT2D eigenvalue weighted by Crippen LogP contribution is -2.45. The Morgan fingerprint density at radius 3 is 2.76 bits per heavy atom. The van der Waals surface area contributed by atoms with E-state index < -0.39 is 17.6 Å². The molecule has 1 saturated heterocycles. The second kappa shape index (κ2) is 5.24. The lowest BCUT2D eigenvalue weighted by molar-refractivity contribution is -0.402. The molecule has 1 aliphatic rings. The van der Waals surface area contributed by atoms with Gasteiger partial charge in [0.05, 0.1) is 12.1 Å². The first-order valence-corrected chi connectivity index (χ1v) is 5.47. The number of halogens is 1. The highest BCUT2D eigenvalue weighted by molar-refractivity contribution is 5.20. The molecule has 7 heteroatoms. The molecule has 0 spiro atoms. The molecule has 0 radical (unpaired) electrons. The molecule has 0 unspecified atom stereocenters. The fourth-order valence-electron chi connectivity index (χ4n) is 1.97. The van der Waals surface area contributed by atoms with Gasteiger partial charge >= 0.3 is 5.88 Å². The van der Waals surface area contributed by atoms with Crippen molar-refractivity contribution in [3.8, 4) is 0 Å². The van der Waals surface area contributed by atoms with Crippen LogP contribution < -0.4 is 5.32 Å². The molecule has 1 aliphatic heterocycles. The monoisotopic (exact) mass is 243 g/mol. The molecule has 1 fully saturated rings. The van der Waals surface area contributed by atoms with E-state index in [-0.39, 0.29) is 5.88 Å². The van der Waals surface area contributed by atoms with E-state index in [2.05, 4.69) is 5.32 Å². The van der Waals surface area contributed by atoms with E-state index in [9.17, 15) is 14.5 Å². The standard InChI is InChI=1S/C10H14FN3O3/c11-7-8(13-5-3-12-4-6-13)9-1-2-10(17-9)14(15)16/h1-2,8,12H,3-7H2/t8-/m1/s1. The zero-order chi connectivity index (χ0) is 12.3. The summed E-state index contributed by atoms with van der Waals surface area (Å²) in [5.74, 6) is -0.0188. The average Bonchev–Trinajstić information content (AvgIpc) is 2.81. The van der Waals surface area contributed by atoms with Gasteiger partial charge < -0.3 is 9.73 Å². The third-order valence-electron chi connectivity index (χ3n) is 2.86. The maximum atomic E-state index is 13.0. The molecule has 1 aromatic heterocycles. The van der Waals surface area contributed by atoms with Crippen LogP contribution in [0.25, 0.3) is 0 Å². The summed E-state index contributed by atoms with van der Waals surface area (Å²) in [5, 5.41) is 13.7. The van der Waals surface area contributed by atoms with Crippen molar-refractivity contribution in [1.82, 2.24) is 10.2 Å². The number of furan rings is 1. The van der Waals surface area contributed by atoms with Gasteiger partial charge in [0.1, 0.15) is 17.4 Å². The van der Waals surface area contributed by atoms with E-state index in [1.807, 2.05) is 4.90 Å². The largest absolute Gasteiger partial charge is 0.433 e. The highest BCUT2D eigenvalue weighted by atomic mass is 19.1. The molecule has 94 valence electrons. The molecule has 0 amide bonds. The molecule has 0 aliphatic carbocycles. The minimum Gasteiger partial charge on any atom is -0.404 e. The summed E-state index contributed by atoms with van der Waals surface area (Å²) >= 11 is 0. The fraction of sp³-hybridized carbons (Fsp3) is 0.600. The Labute approximate surface area is 97.5 Å². The molecule has 2 heterocycles. The van der Waals surface area contributed by atoms with Crippen LogP contribution in [0.1, 0.15) is 11.8 Å². The van der Waals surface area contributed by atoms with Gasteiger partial charge in [0.25, 0.3) is 0 Å². The van der Waals surface area contributed by atoms with E-state index in [1.165, 1.54) is 12.1 Å². The molecule has 0 bridgehead atoms. The molecule has 1 atom stereocenters. The minimum absolute atomic E-state index is 0.320. The molecular formula is C10H14FN3O3. The maximum absolute atomic E-state index is 13.0. The highest BCUT2D eigenvalue weighted by Crippen LogP contribution is 2.26. The van der Waals surface area contributed by atoms with E-state index in [0.29, 0.717) is 18.8 Å². The summed E-state index contributed by atoms with van der Waals surface area (Å²) in [6.45, 7) is 2.40. The predicted octanol–water partition coefficient (Wildman–Crippen LogP) is 1.10. The Morgan fingerprint density at radius 1 is 1.53 bits per heavy atom. The molecular weight excluding hydrogens is 229 g/mol. The SMILES string of the molecule is O=[N+]([O-])c1ccc([C@@H](CF)N2CCNCC2)o1. The number of nitrogens with zero attached hydrogens (tertiary/aromatic N) is 2. The second-order valence-corrected chi connectivity index (χ2v) is 3.89. The summed E-state index contributed by atoms with van der Waals surface area (Å²) in [6, 6.07) is 2.22.